The quantitative estimate of drug-likeness (QED) is 0.847. The average molecular weight is 265 g/mol. The molecule has 2 heterocycles. The van der Waals surface area contributed by atoms with E-state index in [-0.39, 0.29) is 23.4 Å². The molecule has 1 aliphatic heterocycles. The molecule has 1 fully saturated rings. The van der Waals surface area contributed by atoms with E-state index in [4.69, 9.17) is 0 Å². The first kappa shape index (κ1) is 14.0. The molecule has 19 heavy (non-hydrogen) atoms. The minimum absolute atomic E-state index is 0.0120. The summed E-state index contributed by atoms with van der Waals surface area (Å²) >= 11 is 0. The molecular weight excluding hydrogens is 242 g/mol. The van der Waals surface area contributed by atoms with Crippen molar-refractivity contribution in [3.63, 3.8) is 0 Å². The Hall–Kier alpha value is -1.43. The van der Waals surface area contributed by atoms with Crippen molar-refractivity contribution >= 4 is 5.91 Å². The molecule has 1 aromatic rings. The minimum Gasteiger partial charge on any atom is -0.345 e. The van der Waals surface area contributed by atoms with Crippen molar-refractivity contribution in [1.82, 2.24) is 25.4 Å². The van der Waals surface area contributed by atoms with Gasteiger partial charge in [-0.25, -0.2) is 0 Å². The summed E-state index contributed by atoms with van der Waals surface area (Å²) in [6.45, 7) is 7.10. The zero-order valence-corrected chi connectivity index (χ0v) is 12.1. The van der Waals surface area contributed by atoms with Gasteiger partial charge in [-0.2, -0.15) is 0 Å². The van der Waals surface area contributed by atoms with Crippen LogP contribution in [-0.4, -0.2) is 33.3 Å². The van der Waals surface area contributed by atoms with E-state index in [9.17, 15) is 4.79 Å². The second-order valence-corrected chi connectivity index (χ2v) is 6.01. The number of nitrogens with zero attached hydrogens (tertiary/aromatic N) is 3. The number of piperidine rings is 1. The van der Waals surface area contributed by atoms with Crippen LogP contribution in [0.2, 0.25) is 0 Å². The topological polar surface area (TPSA) is 71.8 Å². The van der Waals surface area contributed by atoms with Crippen LogP contribution >= 0.6 is 0 Å². The lowest BCUT2D eigenvalue weighted by atomic mass is 9.77. The van der Waals surface area contributed by atoms with E-state index in [2.05, 4.69) is 34.7 Å². The predicted molar refractivity (Wildman–Crippen MR) is 72.4 cm³/mol. The molecule has 106 valence electrons. The molecule has 1 aromatic heterocycles. The van der Waals surface area contributed by atoms with Gasteiger partial charge in [-0.1, -0.05) is 13.8 Å². The molecule has 2 rings (SSSR count). The molecule has 0 saturated carbocycles. The Morgan fingerprint density at radius 2 is 2.37 bits per heavy atom. The number of hydrogen-bond acceptors (Lipinski definition) is 4. The number of hydrogen-bond donors (Lipinski definition) is 2. The third-order valence-electron chi connectivity index (χ3n) is 3.88. The average Bonchev–Trinajstić information content (AvgIpc) is 2.74. The van der Waals surface area contributed by atoms with Crippen LogP contribution in [0, 0.1) is 5.41 Å². The van der Waals surface area contributed by atoms with Crippen molar-refractivity contribution in [3.8, 4) is 0 Å². The maximum Gasteiger partial charge on any atom is 0.238 e. The van der Waals surface area contributed by atoms with Crippen molar-refractivity contribution in [2.24, 2.45) is 12.5 Å². The zero-order valence-electron chi connectivity index (χ0n) is 12.1. The third-order valence-corrected chi connectivity index (χ3v) is 3.88. The van der Waals surface area contributed by atoms with Crippen LogP contribution in [0.3, 0.4) is 0 Å². The number of nitrogens with one attached hydrogen (secondary N) is 2. The number of aromatic nitrogens is 3. The number of carbonyl (C=O) groups excluding carboxylic acids is 1. The van der Waals surface area contributed by atoms with Gasteiger partial charge in [0, 0.05) is 7.05 Å². The summed E-state index contributed by atoms with van der Waals surface area (Å²) in [6, 6.07) is -0.281. The number of carbonyl (C=O) groups is 1. The number of aryl methyl sites for hydroxylation is 1. The molecule has 0 aromatic carbocycles. The van der Waals surface area contributed by atoms with Gasteiger partial charge in [0.25, 0.3) is 0 Å². The largest absolute Gasteiger partial charge is 0.345 e. The van der Waals surface area contributed by atoms with E-state index in [0.717, 1.165) is 25.2 Å². The second-order valence-electron chi connectivity index (χ2n) is 6.01. The lowest BCUT2D eigenvalue weighted by molar-refractivity contribution is -0.127. The van der Waals surface area contributed by atoms with Gasteiger partial charge in [-0.3, -0.25) is 4.79 Å². The Morgan fingerprint density at radius 3 is 2.95 bits per heavy atom. The van der Waals surface area contributed by atoms with Gasteiger partial charge in [0.15, 0.2) is 5.82 Å². The van der Waals surface area contributed by atoms with Crippen LogP contribution in [0.15, 0.2) is 6.33 Å². The van der Waals surface area contributed by atoms with Gasteiger partial charge in [0.1, 0.15) is 6.33 Å². The fourth-order valence-corrected chi connectivity index (χ4v) is 2.70. The summed E-state index contributed by atoms with van der Waals surface area (Å²) in [5, 5.41) is 14.2. The summed E-state index contributed by atoms with van der Waals surface area (Å²) < 4.78 is 1.82. The van der Waals surface area contributed by atoms with Crippen LogP contribution in [0.1, 0.15) is 45.5 Å². The van der Waals surface area contributed by atoms with E-state index < -0.39 is 0 Å². The molecule has 0 aliphatic carbocycles. The van der Waals surface area contributed by atoms with E-state index >= 15 is 0 Å². The van der Waals surface area contributed by atoms with Crippen LogP contribution in [0.5, 0.6) is 0 Å². The van der Waals surface area contributed by atoms with Gasteiger partial charge < -0.3 is 15.2 Å². The molecule has 1 amide bonds. The van der Waals surface area contributed by atoms with Crippen molar-refractivity contribution in [1.29, 1.82) is 0 Å². The zero-order chi connectivity index (χ0) is 14.0. The van der Waals surface area contributed by atoms with Crippen molar-refractivity contribution < 1.29 is 4.79 Å². The molecule has 0 bridgehead atoms. The van der Waals surface area contributed by atoms with Crippen LogP contribution in [0.4, 0.5) is 0 Å². The summed E-state index contributed by atoms with van der Waals surface area (Å²) in [5.41, 5.74) is -0.0120. The van der Waals surface area contributed by atoms with Crippen LogP contribution in [0.25, 0.3) is 0 Å². The van der Waals surface area contributed by atoms with Crippen molar-refractivity contribution in [2.75, 3.05) is 6.54 Å². The van der Waals surface area contributed by atoms with Gasteiger partial charge in [-0.15, -0.1) is 10.2 Å². The van der Waals surface area contributed by atoms with E-state index in [1.807, 2.05) is 18.5 Å². The third kappa shape index (κ3) is 2.94. The van der Waals surface area contributed by atoms with Gasteiger partial charge in [0.2, 0.25) is 5.91 Å². The van der Waals surface area contributed by atoms with Crippen molar-refractivity contribution in [2.45, 2.75) is 45.7 Å². The number of amides is 1. The SMILES string of the molecule is CC(NC(=O)C1NCCCC1(C)C)c1nncn1C. The van der Waals surface area contributed by atoms with E-state index in [1.54, 1.807) is 6.33 Å². The molecule has 6 nitrogen and oxygen atoms in total. The summed E-state index contributed by atoms with van der Waals surface area (Å²) in [4.78, 5) is 12.4. The van der Waals surface area contributed by atoms with Crippen LogP contribution < -0.4 is 10.6 Å². The molecule has 0 radical (unpaired) electrons. The molecule has 1 saturated heterocycles. The molecule has 2 unspecified atom stereocenters. The maximum absolute atomic E-state index is 12.4. The highest BCUT2D eigenvalue weighted by Crippen LogP contribution is 2.30. The Balaban J connectivity index is 2.03. The van der Waals surface area contributed by atoms with E-state index in [0.29, 0.717) is 0 Å². The Bertz CT molecular complexity index is 454. The highest BCUT2D eigenvalue weighted by molar-refractivity contribution is 5.83. The lowest BCUT2D eigenvalue weighted by Gasteiger charge is -2.38. The standard InChI is InChI=1S/C13H23N5O/c1-9(11-17-15-8-18(11)4)16-12(19)10-13(2,3)6-5-7-14-10/h8-10,14H,5-7H2,1-4H3,(H,16,19). The predicted octanol–water partition coefficient (Wildman–Crippen LogP) is 0.770. The summed E-state index contributed by atoms with van der Waals surface area (Å²) in [5.74, 6) is 0.808. The molecule has 6 heteroatoms. The highest BCUT2D eigenvalue weighted by atomic mass is 16.2. The van der Waals surface area contributed by atoms with Gasteiger partial charge in [-0.05, 0) is 31.7 Å². The van der Waals surface area contributed by atoms with Crippen molar-refractivity contribution in [3.05, 3.63) is 12.2 Å². The second kappa shape index (κ2) is 5.28. The normalized spacial score (nSPS) is 23.9. The van der Waals surface area contributed by atoms with Crippen LogP contribution in [-0.2, 0) is 11.8 Å². The summed E-state index contributed by atoms with van der Waals surface area (Å²) in [7, 11) is 1.88. The highest BCUT2D eigenvalue weighted by Gasteiger charge is 2.37. The molecule has 1 aliphatic rings. The first-order valence-electron chi connectivity index (χ1n) is 6.79. The smallest absolute Gasteiger partial charge is 0.238 e. The van der Waals surface area contributed by atoms with Gasteiger partial charge >= 0.3 is 0 Å². The first-order chi connectivity index (χ1) is 8.92. The number of rotatable bonds is 3. The van der Waals surface area contributed by atoms with Gasteiger partial charge in [0.05, 0.1) is 12.1 Å². The molecule has 2 N–H and O–H groups in total. The Labute approximate surface area is 114 Å². The monoisotopic (exact) mass is 265 g/mol. The first-order valence-corrected chi connectivity index (χ1v) is 6.79. The fraction of sp³-hybridized carbons (Fsp3) is 0.769. The Kier molecular flexibility index (Phi) is 3.89. The molecule has 0 spiro atoms. The Morgan fingerprint density at radius 1 is 1.63 bits per heavy atom. The lowest BCUT2D eigenvalue weighted by Crippen LogP contribution is -2.55. The fourth-order valence-electron chi connectivity index (χ4n) is 2.70. The minimum atomic E-state index is -0.142. The molecule has 2 atom stereocenters. The molecular formula is C13H23N5O. The summed E-state index contributed by atoms with van der Waals surface area (Å²) in [6.07, 6.45) is 3.83. The van der Waals surface area contributed by atoms with E-state index in [1.165, 1.54) is 0 Å². The maximum atomic E-state index is 12.4.